The first-order valence-electron chi connectivity index (χ1n) is 5.71. The maximum absolute atomic E-state index is 2.33. The lowest BCUT2D eigenvalue weighted by Gasteiger charge is -2.23. The van der Waals surface area contributed by atoms with Gasteiger partial charge in [0, 0.05) is 11.3 Å². The second-order valence-electron chi connectivity index (χ2n) is 5.21. The fourth-order valence-electron chi connectivity index (χ4n) is 2.69. The van der Waals surface area contributed by atoms with Gasteiger partial charge in [0.05, 0.1) is 0 Å². The van der Waals surface area contributed by atoms with E-state index in [1.165, 1.54) is 11.1 Å². The molecule has 0 aromatic heterocycles. The average Bonchev–Trinajstić information content (AvgIpc) is 2.73. The van der Waals surface area contributed by atoms with Gasteiger partial charge in [-0.2, -0.15) is 0 Å². The van der Waals surface area contributed by atoms with E-state index in [1.54, 1.807) is 11.1 Å². The molecule has 0 aliphatic heterocycles. The molecule has 0 nitrogen and oxygen atoms in total. The van der Waals surface area contributed by atoms with Crippen molar-refractivity contribution in [1.82, 2.24) is 0 Å². The van der Waals surface area contributed by atoms with Crippen LogP contribution in [0.15, 0.2) is 46.6 Å². The van der Waals surface area contributed by atoms with Gasteiger partial charge in [0.15, 0.2) is 0 Å². The summed E-state index contributed by atoms with van der Waals surface area (Å²) in [6.07, 6.45) is 8.88. The molecule has 0 aromatic carbocycles. The van der Waals surface area contributed by atoms with Crippen LogP contribution >= 0.6 is 0 Å². The number of hydrogen-bond donors (Lipinski definition) is 0. The zero-order valence-corrected chi connectivity index (χ0v) is 10.4. The van der Waals surface area contributed by atoms with Crippen molar-refractivity contribution < 1.29 is 0 Å². The molecular formula is C15H20. The monoisotopic (exact) mass is 200 g/mol. The first-order valence-corrected chi connectivity index (χ1v) is 5.71. The van der Waals surface area contributed by atoms with Gasteiger partial charge >= 0.3 is 0 Å². The fourth-order valence-corrected chi connectivity index (χ4v) is 2.69. The molecule has 0 unspecified atom stereocenters. The highest BCUT2D eigenvalue weighted by Gasteiger charge is 2.35. The highest BCUT2D eigenvalue weighted by atomic mass is 14.4. The van der Waals surface area contributed by atoms with Crippen LogP contribution < -0.4 is 0 Å². The molecule has 0 heterocycles. The fraction of sp³-hybridized carbons (Fsp3) is 0.467. The van der Waals surface area contributed by atoms with Crippen LogP contribution in [0, 0.1) is 11.3 Å². The van der Waals surface area contributed by atoms with Crippen LogP contribution in [-0.2, 0) is 0 Å². The molecule has 2 aliphatic rings. The van der Waals surface area contributed by atoms with E-state index in [4.69, 9.17) is 0 Å². The Hall–Kier alpha value is -1.04. The predicted octanol–water partition coefficient (Wildman–Crippen LogP) is 4.42. The Morgan fingerprint density at radius 1 is 0.933 bits per heavy atom. The van der Waals surface area contributed by atoms with Crippen molar-refractivity contribution in [3.63, 3.8) is 0 Å². The Morgan fingerprint density at radius 3 is 1.87 bits per heavy atom. The zero-order valence-electron chi connectivity index (χ0n) is 10.4. The summed E-state index contributed by atoms with van der Waals surface area (Å²) in [5.41, 5.74) is 6.37. The molecule has 0 bridgehead atoms. The van der Waals surface area contributed by atoms with Crippen LogP contribution in [0.4, 0.5) is 0 Å². The Kier molecular flexibility index (Phi) is 2.26. The molecule has 0 heteroatoms. The van der Waals surface area contributed by atoms with E-state index in [-0.39, 0.29) is 5.41 Å². The Labute approximate surface area is 93.1 Å². The molecule has 0 radical (unpaired) electrons. The zero-order chi connectivity index (χ0) is 11.2. The maximum atomic E-state index is 2.33. The number of allylic oxidation sites excluding steroid dienone is 8. The van der Waals surface area contributed by atoms with E-state index in [2.05, 4.69) is 58.9 Å². The summed E-state index contributed by atoms with van der Waals surface area (Å²) in [5.74, 6) is 0.515. The minimum absolute atomic E-state index is 0.254. The molecule has 0 saturated heterocycles. The summed E-state index contributed by atoms with van der Waals surface area (Å²) in [4.78, 5) is 0. The summed E-state index contributed by atoms with van der Waals surface area (Å²) in [6, 6.07) is 0. The predicted molar refractivity (Wildman–Crippen MR) is 66.6 cm³/mol. The summed E-state index contributed by atoms with van der Waals surface area (Å²) in [6.45, 7) is 11.5. The first-order chi connectivity index (χ1) is 6.96. The minimum atomic E-state index is 0.254. The lowest BCUT2D eigenvalue weighted by Crippen LogP contribution is -2.11. The van der Waals surface area contributed by atoms with Crippen LogP contribution in [0.1, 0.15) is 34.6 Å². The highest BCUT2D eigenvalue weighted by Crippen LogP contribution is 2.49. The second kappa shape index (κ2) is 3.23. The van der Waals surface area contributed by atoms with E-state index in [0.29, 0.717) is 5.92 Å². The van der Waals surface area contributed by atoms with Crippen molar-refractivity contribution in [1.29, 1.82) is 0 Å². The van der Waals surface area contributed by atoms with E-state index in [1.807, 2.05) is 0 Å². The lowest BCUT2D eigenvalue weighted by atomic mass is 9.81. The molecule has 15 heavy (non-hydrogen) atoms. The Bertz CT molecular complexity index is 399. The molecule has 0 N–H and O–H groups in total. The highest BCUT2D eigenvalue weighted by molar-refractivity contribution is 5.54. The molecule has 0 amide bonds. The van der Waals surface area contributed by atoms with Gasteiger partial charge in [0.2, 0.25) is 0 Å². The van der Waals surface area contributed by atoms with Crippen LogP contribution in [0.2, 0.25) is 0 Å². The molecule has 80 valence electrons. The molecule has 2 rings (SSSR count). The van der Waals surface area contributed by atoms with Gasteiger partial charge in [0.25, 0.3) is 0 Å². The first kappa shape index (κ1) is 10.5. The summed E-state index contributed by atoms with van der Waals surface area (Å²) in [5, 5.41) is 0. The van der Waals surface area contributed by atoms with Gasteiger partial charge in [-0.25, -0.2) is 0 Å². The molecule has 0 atom stereocenters. The van der Waals surface area contributed by atoms with Crippen molar-refractivity contribution in [3.05, 3.63) is 46.6 Å². The third-order valence-electron chi connectivity index (χ3n) is 4.33. The van der Waals surface area contributed by atoms with Crippen molar-refractivity contribution in [3.8, 4) is 0 Å². The molecule has 0 saturated carbocycles. The third kappa shape index (κ3) is 1.35. The SMILES string of the molecule is CC1=C(C)C(C)(C)C(C)=C1C1C=CC=C1. The largest absolute Gasteiger partial charge is 0.0732 e. The van der Waals surface area contributed by atoms with E-state index in [9.17, 15) is 0 Å². The molecule has 0 fully saturated rings. The van der Waals surface area contributed by atoms with Gasteiger partial charge in [-0.1, -0.05) is 49.3 Å². The maximum Gasteiger partial charge on any atom is 0.0207 e. The Morgan fingerprint density at radius 2 is 1.47 bits per heavy atom. The molecule has 0 aromatic rings. The van der Waals surface area contributed by atoms with Gasteiger partial charge in [0.1, 0.15) is 0 Å². The van der Waals surface area contributed by atoms with Crippen LogP contribution in [0.25, 0.3) is 0 Å². The standard InChI is InChI=1S/C15H20/c1-10-11(2)15(4,5)12(3)14(10)13-8-6-7-9-13/h6-9,13H,1-5H3. The van der Waals surface area contributed by atoms with Crippen molar-refractivity contribution in [2.24, 2.45) is 11.3 Å². The topological polar surface area (TPSA) is 0 Å². The normalized spacial score (nSPS) is 24.9. The summed E-state index contributed by atoms with van der Waals surface area (Å²) in [7, 11) is 0. The minimum Gasteiger partial charge on any atom is -0.0732 e. The van der Waals surface area contributed by atoms with Crippen molar-refractivity contribution in [2.45, 2.75) is 34.6 Å². The number of hydrogen-bond acceptors (Lipinski definition) is 0. The van der Waals surface area contributed by atoms with Crippen LogP contribution in [0.5, 0.6) is 0 Å². The summed E-state index contributed by atoms with van der Waals surface area (Å²) >= 11 is 0. The van der Waals surface area contributed by atoms with Crippen molar-refractivity contribution >= 4 is 0 Å². The Balaban J connectivity index is 2.52. The van der Waals surface area contributed by atoms with Gasteiger partial charge in [-0.3, -0.25) is 0 Å². The molecular weight excluding hydrogens is 180 g/mol. The quantitative estimate of drug-likeness (QED) is 0.587. The smallest absolute Gasteiger partial charge is 0.0207 e. The average molecular weight is 200 g/mol. The van der Waals surface area contributed by atoms with Gasteiger partial charge in [-0.05, 0) is 31.9 Å². The summed E-state index contributed by atoms with van der Waals surface area (Å²) < 4.78 is 0. The lowest BCUT2D eigenvalue weighted by molar-refractivity contribution is 0.545. The van der Waals surface area contributed by atoms with Gasteiger partial charge in [-0.15, -0.1) is 0 Å². The van der Waals surface area contributed by atoms with E-state index in [0.717, 1.165) is 0 Å². The second-order valence-corrected chi connectivity index (χ2v) is 5.21. The van der Waals surface area contributed by atoms with Crippen LogP contribution in [0.3, 0.4) is 0 Å². The number of rotatable bonds is 1. The van der Waals surface area contributed by atoms with Gasteiger partial charge < -0.3 is 0 Å². The van der Waals surface area contributed by atoms with E-state index >= 15 is 0 Å². The molecule has 2 aliphatic carbocycles. The van der Waals surface area contributed by atoms with E-state index < -0.39 is 0 Å². The van der Waals surface area contributed by atoms with Crippen molar-refractivity contribution in [2.75, 3.05) is 0 Å². The molecule has 0 spiro atoms. The third-order valence-corrected chi connectivity index (χ3v) is 4.33. The van der Waals surface area contributed by atoms with Crippen LogP contribution in [-0.4, -0.2) is 0 Å².